The Kier molecular flexibility index (Phi) is 4.68. The predicted octanol–water partition coefficient (Wildman–Crippen LogP) is 2.64. The van der Waals surface area contributed by atoms with E-state index < -0.39 is 45.3 Å². The Hall–Kier alpha value is -2.01. The van der Waals surface area contributed by atoms with Crippen molar-refractivity contribution in [1.29, 1.82) is 0 Å². The summed E-state index contributed by atoms with van der Waals surface area (Å²) in [6.45, 7) is 1.36. The van der Waals surface area contributed by atoms with Crippen LogP contribution in [0.1, 0.15) is 5.56 Å². The maximum absolute atomic E-state index is 12.7. The molecule has 2 aromatic carbocycles. The van der Waals surface area contributed by atoms with Crippen molar-refractivity contribution in [3.8, 4) is 0 Å². The molecular weight excluding hydrogens is 382 g/mol. The van der Waals surface area contributed by atoms with E-state index in [2.05, 4.69) is 0 Å². The van der Waals surface area contributed by atoms with E-state index in [1.807, 2.05) is 0 Å². The summed E-state index contributed by atoms with van der Waals surface area (Å²) < 4.78 is 57.3. The number of rotatable bonds is 4. The van der Waals surface area contributed by atoms with Gasteiger partial charge in [0.2, 0.25) is 9.84 Å². The summed E-state index contributed by atoms with van der Waals surface area (Å²) in [6, 6.07) is 6.33. The molecule has 24 heavy (non-hydrogen) atoms. The molecule has 0 amide bonds. The molecule has 0 spiro atoms. The van der Waals surface area contributed by atoms with Gasteiger partial charge >= 0.3 is 0 Å². The summed E-state index contributed by atoms with van der Waals surface area (Å²) >= 11 is 5.82. The second-order valence-corrected chi connectivity index (χ2v) is 8.43. The van der Waals surface area contributed by atoms with E-state index in [1.54, 1.807) is 0 Å². The van der Waals surface area contributed by atoms with Crippen molar-refractivity contribution in [2.45, 2.75) is 21.6 Å². The van der Waals surface area contributed by atoms with Crippen molar-refractivity contribution in [3.63, 3.8) is 0 Å². The zero-order valence-electron chi connectivity index (χ0n) is 12.0. The lowest BCUT2D eigenvalue weighted by Crippen LogP contribution is -2.09. The van der Waals surface area contributed by atoms with Crippen molar-refractivity contribution >= 4 is 37.2 Å². The van der Waals surface area contributed by atoms with Gasteiger partial charge in [0, 0.05) is 6.07 Å². The van der Waals surface area contributed by atoms with Crippen LogP contribution in [0.15, 0.2) is 51.1 Å². The first-order valence-electron chi connectivity index (χ1n) is 6.22. The lowest BCUT2D eigenvalue weighted by atomic mass is 10.2. The fraction of sp³-hybridized carbons (Fsp3) is 0.0769. The van der Waals surface area contributed by atoms with Crippen LogP contribution in [0.25, 0.3) is 0 Å². The summed E-state index contributed by atoms with van der Waals surface area (Å²) in [7, 11) is -9.16. The first-order valence-corrected chi connectivity index (χ1v) is 9.52. The zero-order chi connectivity index (χ0) is 18.3. The van der Waals surface area contributed by atoms with Gasteiger partial charge in [-0.3, -0.25) is 14.7 Å². The maximum Gasteiger partial charge on any atom is 0.294 e. The molecule has 2 rings (SSSR count). The number of nitro benzene ring substituents is 1. The quantitative estimate of drug-likeness (QED) is 0.481. The van der Waals surface area contributed by atoms with Crippen LogP contribution < -0.4 is 0 Å². The lowest BCUT2D eigenvalue weighted by Gasteiger charge is -2.09. The van der Waals surface area contributed by atoms with E-state index >= 15 is 0 Å². The molecule has 0 heterocycles. The van der Waals surface area contributed by atoms with Gasteiger partial charge in [0.1, 0.15) is 0 Å². The van der Waals surface area contributed by atoms with Gasteiger partial charge in [-0.25, -0.2) is 8.42 Å². The maximum atomic E-state index is 12.7. The van der Waals surface area contributed by atoms with Crippen LogP contribution in [-0.4, -0.2) is 26.3 Å². The Morgan fingerprint density at radius 2 is 1.75 bits per heavy atom. The SMILES string of the molecule is Cc1ccc(S(=O)(=O)c2c(Cl)cccc2[N+](=O)[O-])cc1S(=O)(=O)O. The number of benzene rings is 2. The monoisotopic (exact) mass is 391 g/mol. The fourth-order valence-corrected chi connectivity index (χ4v) is 4.85. The Bertz CT molecular complexity index is 1050. The summed E-state index contributed by atoms with van der Waals surface area (Å²) in [5.74, 6) is 0. The molecule has 0 fully saturated rings. The molecule has 0 aliphatic rings. The van der Waals surface area contributed by atoms with Gasteiger partial charge < -0.3 is 0 Å². The van der Waals surface area contributed by atoms with Gasteiger partial charge in [-0.15, -0.1) is 0 Å². The number of hydrogen-bond acceptors (Lipinski definition) is 6. The predicted molar refractivity (Wildman–Crippen MR) is 84.6 cm³/mol. The molecule has 128 valence electrons. The molecule has 1 N–H and O–H groups in total. The van der Waals surface area contributed by atoms with Gasteiger partial charge in [0.05, 0.1) is 19.7 Å². The average Bonchev–Trinajstić information content (AvgIpc) is 2.45. The minimum atomic E-state index is -4.67. The van der Waals surface area contributed by atoms with Crippen molar-refractivity contribution < 1.29 is 26.3 Å². The van der Waals surface area contributed by atoms with Crippen LogP contribution >= 0.6 is 11.6 Å². The standard InChI is InChI=1S/C13H10ClNO7S2/c1-8-5-6-9(7-12(8)24(20,21)22)23(18,19)13-10(14)3-2-4-11(13)15(16)17/h2-7H,1H3,(H,20,21,22). The van der Waals surface area contributed by atoms with Crippen LogP contribution in [0.3, 0.4) is 0 Å². The number of sulfone groups is 1. The van der Waals surface area contributed by atoms with E-state index in [0.29, 0.717) is 0 Å². The summed E-state index contributed by atoms with van der Waals surface area (Å²) in [6.07, 6.45) is 0. The van der Waals surface area contributed by atoms with Gasteiger partial charge in [0.25, 0.3) is 15.8 Å². The first-order chi connectivity index (χ1) is 11.0. The van der Waals surface area contributed by atoms with E-state index in [1.165, 1.54) is 25.1 Å². The van der Waals surface area contributed by atoms with E-state index in [4.69, 9.17) is 11.6 Å². The third kappa shape index (κ3) is 3.26. The highest BCUT2D eigenvalue weighted by Gasteiger charge is 2.31. The van der Waals surface area contributed by atoms with Crippen molar-refractivity contribution in [1.82, 2.24) is 0 Å². The fourth-order valence-electron chi connectivity index (χ4n) is 2.05. The molecule has 0 unspecified atom stereocenters. The minimum Gasteiger partial charge on any atom is -0.282 e. The third-order valence-electron chi connectivity index (χ3n) is 3.16. The summed E-state index contributed by atoms with van der Waals surface area (Å²) in [5.41, 5.74) is -0.624. The number of halogens is 1. The number of nitro groups is 1. The Morgan fingerprint density at radius 1 is 1.12 bits per heavy atom. The van der Waals surface area contributed by atoms with Crippen LogP contribution in [0, 0.1) is 17.0 Å². The molecule has 0 aromatic heterocycles. The molecule has 0 saturated heterocycles. The largest absolute Gasteiger partial charge is 0.294 e. The molecule has 0 bridgehead atoms. The molecule has 0 aliphatic heterocycles. The van der Waals surface area contributed by atoms with Crippen molar-refractivity contribution in [2.75, 3.05) is 0 Å². The molecule has 0 aliphatic carbocycles. The van der Waals surface area contributed by atoms with Crippen molar-refractivity contribution in [2.24, 2.45) is 0 Å². The third-order valence-corrected chi connectivity index (χ3v) is 6.42. The topological polar surface area (TPSA) is 132 Å². The molecule has 8 nitrogen and oxygen atoms in total. The zero-order valence-corrected chi connectivity index (χ0v) is 14.4. The van der Waals surface area contributed by atoms with Gasteiger partial charge in [-0.1, -0.05) is 23.7 Å². The summed E-state index contributed by atoms with van der Waals surface area (Å²) in [4.78, 5) is 8.27. The number of hydrogen-bond donors (Lipinski definition) is 1. The van der Waals surface area contributed by atoms with Gasteiger partial charge in [0.15, 0.2) is 4.90 Å². The first kappa shape index (κ1) is 18.3. The van der Waals surface area contributed by atoms with E-state index in [9.17, 15) is 31.5 Å². The summed E-state index contributed by atoms with van der Waals surface area (Å²) in [5, 5.41) is 10.7. The molecule has 2 aromatic rings. The molecule has 0 saturated carbocycles. The average molecular weight is 392 g/mol. The highest BCUT2D eigenvalue weighted by molar-refractivity contribution is 7.91. The normalized spacial score (nSPS) is 12.1. The highest BCUT2D eigenvalue weighted by Crippen LogP contribution is 2.36. The molecule has 0 atom stereocenters. The van der Waals surface area contributed by atoms with Crippen molar-refractivity contribution in [3.05, 3.63) is 57.1 Å². The second kappa shape index (κ2) is 6.13. The Labute approximate surface area is 142 Å². The lowest BCUT2D eigenvalue weighted by molar-refractivity contribution is -0.387. The van der Waals surface area contributed by atoms with E-state index in [0.717, 1.165) is 18.2 Å². The van der Waals surface area contributed by atoms with Crippen LogP contribution in [-0.2, 0) is 20.0 Å². The molecule has 0 radical (unpaired) electrons. The smallest absolute Gasteiger partial charge is 0.282 e. The Balaban J connectivity index is 2.82. The minimum absolute atomic E-state index is 0.116. The number of aryl methyl sites for hydroxylation is 1. The Morgan fingerprint density at radius 3 is 2.29 bits per heavy atom. The second-order valence-electron chi connectivity index (χ2n) is 4.75. The van der Waals surface area contributed by atoms with Crippen LogP contribution in [0.2, 0.25) is 5.02 Å². The highest BCUT2D eigenvalue weighted by atomic mass is 35.5. The number of nitrogens with zero attached hydrogens (tertiary/aromatic N) is 1. The van der Waals surface area contributed by atoms with Gasteiger partial charge in [-0.2, -0.15) is 8.42 Å². The molecular formula is C13H10ClNO7S2. The van der Waals surface area contributed by atoms with E-state index in [-0.39, 0.29) is 10.6 Å². The molecule has 11 heteroatoms. The van der Waals surface area contributed by atoms with Crippen LogP contribution in [0.5, 0.6) is 0 Å². The van der Waals surface area contributed by atoms with Gasteiger partial charge in [-0.05, 0) is 30.7 Å². The van der Waals surface area contributed by atoms with Crippen LogP contribution in [0.4, 0.5) is 5.69 Å².